The summed E-state index contributed by atoms with van der Waals surface area (Å²) in [6, 6.07) is 4.66. The zero-order valence-corrected chi connectivity index (χ0v) is 12.5. The summed E-state index contributed by atoms with van der Waals surface area (Å²) in [5.41, 5.74) is 7.42. The van der Waals surface area contributed by atoms with Crippen molar-refractivity contribution in [3.8, 4) is 0 Å². The van der Waals surface area contributed by atoms with Gasteiger partial charge in [-0.05, 0) is 37.7 Å². The lowest BCUT2D eigenvalue weighted by Crippen LogP contribution is -2.34. The van der Waals surface area contributed by atoms with E-state index < -0.39 is 0 Å². The minimum absolute atomic E-state index is 0.273. The molecular weight excluding hydrogens is 241 g/mol. The Morgan fingerprint density at radius 3 is 2.42 bits per heavy atom. The van der Waals surface area contributed by atoms with Crippen molar-refractivity contribution in [1.29, 1.82) is 0 Å². The van der Waals surface area contributed by atoms with Gasteiger partial charge in [-0.1, -0.05) is 19.9 Å². The van der Waals surface area contributed by atoms with E-state index in [1.165, 1.54) is 12.1 Å². The Labute approximate surface area is 116 Å². The van der Waals surface area contributed by atoms with Crippen LogP contribution >= 0.6 is 0 Å². The maximum absolute atomic E-state index is 13.0. The summed E-state index contributed by atoms with van der Waals surface area (Å²) < 4.78 is 13.0. The Hall–Kier alpha value is -1.13. The highest BCUT2D eigenvalue weighted by atomic mass is 19.1. The van der Waals surface area contributed by atoms with Crippen molar-refractivity contribution >= 4 is 5.69 Å². The Morgan fingerprint density at radius 2 is 1.89 bits per heavy atom. The standard InChI is InChI=1S/C15H26FN3/c1-12(2)10-19(8-7-18(3)4)11-13-5-6-14(16)9-15(13)17/h5-6,9,12H,7-8,10-11,17H2,1-4H3. The molecule has 0 aliphatic heterocycles. The van der Waals surface area contributed by atoms with E-state index in [4.69, 9.17) is 5.73 Å². The third-order valence-electron chi connectivity index (χ3n) is 2.99. The van der Waals surface area contributed by atoms with Gasteiger partial charge in [-0.25, -0.2) is 4.39 Å². The molecule has 1 aromatic carbocycles. The first-order valence-electron chi connectivity index (χ1n) is 6.79. The monoisotopic (exact) mass is 267 g/mol. The molecular formula is C15H26FN3. The fourth-order valence-electron chi connectivity index (χ4n) is 2.04. The number of benzene rings is 1. The number of hydrogen-bond donors (Lipinski definition) is 1. The van der Waals surface area contributed by atoms with Crippen molar-refractivity contribution in [3.63, 3.8) is 0 Å². The van der Waals surface area contributed by atoms with Gasteiger partial charge in [-0.15, -0.1) is 0 Å². The molecule has 0 radical (unpaired) electrons. The molecule has 0 aliphatic carbocycles. The van der Waals surface area contributed by atoms with Crippen LogP contribution in [0.2, 0.25) is 0 Å². The average molecular weight is 267 g/mol. The topological polar surface area (TPSA) is 32.5 Å². The molecule has 0 bridgehead atoms. The second-order valence-electron chi connectivity index (χ2n) is 5.78. The molecule has 0 saturated heterocycles. The largest absolute Gasteiger partial charge is 0.398 e. The zero-order valence-electron chi connectivity index (χ0n) is 12.5. The summed E-state index contributed by atoms with van der Waals surface area (Å²) in [6.07, 6.45) is 0. The predicted octanol–water partition coefficient (Wildman–Crippen LogP) is 2.43. The Morgan fingerprint density at radius 1 is 1.21 bits per heavy atom. The Bertz CT molecular complexity index is 391. The van der Waals surface area contributed by atoms with Gasteiger partial charge in [0, 0.05) is 31.9 Å². The Balaban J connectivity index is 2.69. The molecule has 108 valence electrons. The van der Waals surface area contributed by atoms with Crippen molar-refractivity contribution in [1.82, 2.24) is 9.80 Å². The van der Waals surface area contributed by atoms with Crippen molar-refractivity contribution in [2.75, 3.05) is 39.5 Å². The second-order valence-corrected chi connectivity index (χ2v) is 5.78. The van der Waals surface area contributed by atoms with Gasteiger partial charge in [0.15, 0.2) is 0 Å². The van der Waals surface area contributed by atoms with E-state index in [0.29, 0.717) is 11.6 Å². The number of rotatable bonds is 7. The summed E-state index contributed by atoms with van der Waals surface area (Å²) in [5.74, 6) is 0.328. The van der Waals surface area contributed by atoms with E-state index in [9.17, 15) is 4.39 Å². The highest BCUT2D eigenvalue weighted by Gasteiger charge is 2.11. The van der Waals surface area contributed by atoms with Gasteiger partial charge in [0.2, 0.25) is 0 Å². The van der Waals surface area contributed by atoms with Crippen LogP contribution in [0, 0.1) is 11.7 Å². The average Bonchev–Trinajstić information content (AvgIpc) is 2.28. The summed E-state index contributed by atoms with van der Waals surface area (Å²) in [5, 5.41) is 0. The lowest BCUT2D eigenvalue weighted by molar-refractivity contribution is 0.212. The number of hydrogen-bond acceptors (Lipinski definition) is 3. The first-order chi connectivity index (χ1) is 8.88. The third kappa shape index (κ3) is 6.03. The molecule has 1 aromatic rings. The number of anilines is 1. The van der Waals surface area contributed by atoms with Crippen LogP contribution in [0.1, 0.15) is 19.4 Å². The van der Waals surface area contributed by atoms with Crippen LogP contribution in [0.5, 0.6) is 0 Å². The molecule has 4 heteroatoms. The van der Waals surface area contributed by atoms with E-state index in [1.807, 2.05) is 0 Å². The SMILES string of the molecule is CC(C)CN(CCN(C)C)Cc1ccc(F)cc1N. The normalized spacial score (nSPS) is 11.8. The molecule has 19 heavy (non-hydrogen) atoms. The fraction of sp³-hybridized carbons (Fsp3) is 0.600. The Kier molecular flexibility index (Phi) is 6.25. The summed E-state index contributed by atoms with van der Waals surface area (Å²) in [6.45, 7) is 8.20. The van der Waals surface area contributed by atoms with Crippen LogP contribution < -0.4 is 5.73 Å². The first kappa shape index (κ1) is 15.9. The summed E-state index contributed by atoms with van der Waals surface area (Å²) in [7, 11) is 4.14. The van der Waals surface area contributed by atoms with Gasteiger partial charge in [-0.2, -0.15) is 0 Å². The number of likely N-dealkylation sites (N-methyl/N-ethyl adjacent to an activating group) is 1. The maximum atomic E-state index is 13.0. The molecule has 2 N–H and O–H groups in total. The molecule has 0 aliphatic rings. The van der Waals surface area contributed by atoms with Gasteiger partial charge in [0.05, 0.1) is 0 Å². The van der Waals surface area contributed by atoms with E-state index in [2.05, 4.69) is 37.7 Å². The molecule has 0 amide bonds. The number of nitrogens with zero attached hydrogens (tertiary/aromatic N) is 2. The minimum Gasteiger partial charge on any atom is -0.398 e. The van der Waals surface area contributed by atoms with Crippen LogP contribution in [-0.4, -0.2) is 43.5 Å². The van der Waals surface area contributed by atoms with E-state index in [1.54, 1.807) is 6.07 Å². The quantitative estimate of drug-likeness (QED) is 0.770. The van der Waals surface area contributed by atoms with E-state index in [-0.39, 0.29) is 5.82 Å². The number of nitrogens with two attached hydrogens (primary N) is 1. The van der Waals surface area contributed by atoms with E-state index >= 15 is 0 Å². The molecule has 0 fully saturated rings. The first-order valence-corrected chi connectivity index (χ1v) is 6.79. The second kappa shape index (κ2) is 7.46. The van der Waals surface area contributed by atoms with Gasteiger partial charge >= 0.3 is 0 Å². The third-order valence-corrected chi connectivity index (χ3v) is 2.99. The zero-order chi connectivity index (χ0) is 14.4. The van der Waals surface area contributed by atoms with E-state index in [0.717, 1.165) is 31.7 Å². The van der Waals surface area contributed by atoms with Gasteiger partial charge in [0.1, 0.15) is 5.82 Å². The van der Waals surface area contributed by atoms with Gasteiger partial charge < -0.3 is 10.6 Å². The molecule has 0 atom stereocenters. The van der Waals surface area contributed by atoms with Crippen LogP contribution in [0.15, 0.2) is 18.2 Å². The van der Waals surface area contributed by atoms with Crippen LogP contribution in [-0.2, 0) is 6.54 Å². The van der Waals surface area contributed by atoms with Gasteiger partial charge in [-0.3, -0.25) is 4.90 Å². The van der Waals surface area contributed by atoms with Crippen LogP contribution in [0.3, 0.4) is 0 Å². The highest BCUT2D eigenvalue weighted by molar-refractivity contribution is 5.46. The fourth-order valence-corrected chi connectivity index (χ4v) is 2.04. The molecule has 0 saturated carbocycles. The van der Waals surface area contributed by atoms with Crippen LogP contribution in [0.4, 0.5) is 10.1 Å². The predicted molar refractivity (Wildman–Crippen MR) is 79.5 cm³/mol. The maximum Gasteiger partial charge on any atom is 0.125 e. The lowest BCUT2D eigenvalue weighted by Gasteiger charge is -2.26. The summed E-state index contributed by atoms with van der Waals surface area (Å²) >= 11 is 0. The minimum atomic E-state index is -0.273. The highest BCUT2D eigenvalue weighted by Crippen LogP contribution is 2.16. The number of halogens is 1. The molecule has 0 aromatic heterocycles. The summed E-state index contributed by atoms with van der Waals surface area (Å²) in [4.78, 5) is 4.54. The molecule has 1 rings (SSSR count). The lowest BCUT2D eigenvalue weighted by atomic mass is 10.1. The van der Waals surface area contributed by atoms with Crippen molar-refractivity contribution < 1.29 is 4.39 Å². The molecule has 0 spiro atoms. The van der Waals surface area contributed by atoms with Gasteiger partial charge in [0.25, 0.3) is 0 Å². The van der Waals surface area contributed by atoms with Crippen molar-refractivity contribution in [3.05, 3.63) is 29.6 Å². The van der Waals surface area contributed by atoms with Crippen molar-refractivity contribution in [2.45, 2.75) is 20.4 Å². The molecule has 0 heterocycles. The smallest absolute Gasteiger partial charge is 0.125 e. The molecule has 0 unspecified atom stereocenters. The van der Waals surface area contributed by atoms with Crippen molar-refractivity contribution in [2.24, 2.45) is 5.92 Å². The number of nitrogen functional groups attached to an aromatic ring is 1. The molecule has 3 nitrogen and oxygen atoms in total. The van der Waals surface area contributed by atoms with Crippen LogP contribution in [0.25, 0.3) is 0 Å².